The van der Waals surface area contributed by atoms with Gasteiger partial charge in [-0.2, -0.15) is 5.10 Å². The van der Waals surface area contributed by atoms with Gasteiger partial charge >= 0.3 is 5.97 Å². The fourth-order valence-corrected chi connectivity index (χ4v) is 2.64. The van der Waals surface area contributed by atoms with Crippen molar-refractivity contribution in [1.29, 1.82) is 0 Å². The van der Waals surface area contributed by atoms with Crippen molar-refractivity contribution < 1.29 is 14.7 Å². The molecule has 0 aromatic carbocycles. The monoisotopic (exact) mass is 314 g/mol. The molecule has 1 aliphatic heterocycles. The van der Waals surface area contributed by atoms with Gasteiger partial charge in [0.2, 0.25) is 5.91 Å². The molecule has 1 amide bonds. The van der Waals surface area contributed by atoms with Gasteiger partial charge in [0.05, 0.1) is 5.69 Å². The van der Waals surface area contributed by atoms with E-state index in [0.717, 1.165) is 31.4 Å². The van der Waals surface area contributed by atoms with Crippen LogP contribution in [0.25, 0.3) is 5.69 Å². The number of carbonyl (C=O) groups is 2. The summed E-state index contributed by atoms with van der Waals surface area (Å²) in [7, 11) is 0. The number of nitrogens with zero attached hydrogens (tertiary/aromatic N) is 3. The van der Waals surface area contributed by atoms with E-state index in [-0.39, 0.29) is 17.5 Å². The first-order valence-corrected chi connectivity index (χ1v) is 7.64. The Labute approximate surface area is 133 Å². The van der Waals surface area contributed by atoms with Gasteiger partial charge in [0.15, 0.2) is 5.69 Å². The number of hydrogen-bond acceptors (Lipinski definition) is 4. The van der Waals surface area contributed by atoms with Gasteiger partial charge in [0.25, 0.3) is 0 Å². The largest absolute Gasteiger partial charge is 0.476 e. The predicted octanol–water partition coefficient (Wildman–Crippen LogP) is 2.27. The molecule has 0 saturated carbocycles. The van der Waals surface area contributed by atoms with Crippen molar-refractivity contribution in [3.8, 4) is 5.69 Å². The molecule has 2 bridgehead atoms. The van der Waals surface area contributed by atoms with Crippen LogP contribution in [0.2, 0.25) is 0 Å². The van der Waals surface area contributed by atoms with Gasteiger partial charge in [-0.25, -0.2) is 9.48 Å². The molecule has 2 aromatic heterocycles. The highest BCUT2D eigenvalue weighted by atomic mass is 16.4. The van der Waals surface area contributed by atoms with E-state index >= 15 is 0 Å². The lowest BCUT2D eigenvalue weighted by Crippen LogP contribution is -2.22. The van der Waals surface area contributed by atoms with Gasteiger partial charge in [0.1, 0.15) is 5.82 Å². The Morgan fingerprint density at radius 3 is 3.00 bits per heavy atom. The summed E-state index contributed by atoms with van der Waals surface area (Å²) in [6.07, 6.45) is 5.18. The van der Waals surface area contributed by atoms with Crippen molar-refractivity contribution >= 4 is 17.7 Å². The summed E-state index contributed by atoms with van der Waals surface area (Å²) in [5, 5.41) is 16.0. The highest BCUT2D eigenvalue weighted by Crippen LogP contribution is 2.21. The number of aromatic carboxylic acids is 1. The number of aromatic nitrogens is 3. The first kappa shape index (κ1) is 15.2. The van der Waals surface area contributed by atoms with Crippen LogP contribution in [0.4, 0.5) is 5.82 Å². The van der Waals surface area contributed by atoms with E-state index < -0.39 is 5.97 Å². The fraction of sp³-hybridized carbons (Fsp3) is 0.375. The van der Waals surface area contributed by atoms with Crippen LogP contribution in [-0.4, -0.2) is 31.7 Å². The van der Waals surface area contributed by atoms with E-state index in [2.05, 4.69) is 15.4 Å². The number of aryl methyl sites for hydroxylation is 1. The molecule has 0 fully saturated rings. The van der Waals surface area contributed by atoms with Crippen LogP contribution >= 0.6 is 0 Å². The molecule has 0 spiro atoms. The van der Waals surface area contributed by atoms with Gasteiger partial charge in [-0.3, -0.25) is 9.78 Å². The smallest absolute Gasteiger partial charge is 0.356 e. The van der Waals surface area contributed by atoms with Gasteiger partial charge in [0, 0.05) is 23.9 Å². The predicted molar refractivity (Wildman–Crippen MR) is 83.7 cm³/mol. The van der Waals surface area contributed by atoms with Crippen molar-refractivity contribution in [3.63, 3.8) is 0 Å². The molecule has 7 heteroatoms. The molecular weight excluding hydrogens is 296 g/mol. The zero-order valence-electron chi connectivity index (χ0n) is 12.8. The number of nitrogens with one attached hydrogen (secondary N) is 1. The summed E-state index contributed by atoms with van der Waals surface area (Å²) in [6, 6.07) is 4.99. The Balaban J connectivity index is 2.09. The number of carboxylic acid groups (broad SMARTS) is 1. The van der Waals surface area contributed by atoms with Crippen LogP contribution < -0.4 is 5.32 Å². The van der Waals surface area contributed by atoms with Crippen LogP contribution in [0.5, 0.6) is 0 Å². The summed E-state index contributed by atoms with van der Waals surface area (Å²) >= 11 is 0. The number of pyridine rings is 1. The van der Waals surface area contributed by atoms with E-state index in [1.165, 1.54) is 10.7 Å². The molecule has 1 unspecified atom stereocenters. The van der Waals surface area contributed by atoms with E-state index in [4.69, 9.17) is 5.11 Å². The molecule has 120 valence electrons. The fourth-order valence-electron chi connectivity index (χ4n) is 2.64. The first-order chi connectivity index (χ1) is 11.0. The molecule has 3 rings (SSSR count). The summed E-state index contributed by atoms with van der Waals surface area (Å²) in [4.78, 5) is 27.8. The van der Waals surface area contributed by atoms with E-state index in [9.17, 15) is 9.59 Å². The summed E-state index contributed by atoms with van der Waals surface area (Å²) < 4.78 is 1.45. The lowest BCUT2D eigenvalue weighted by Gasteiger charge is -2.15. The zero-order chi connectivity index (χ0) is 16.4. The van der Waals surface area contributed by atoms with E-state index in [0.29, 0.717) is 11.5 Å². The van der Waals surface area contributed by atoms with Gasteiger partial charge in [-0.05, 0) is 31.4 Å². The second-order valence-electron chi connectivity index (χ2n) is 5.77. The number of carbonyl (C=O) groups excluding carboxylic acids is 1. The first-order valence-electron chi connectivity index (χ1n) is 7.64. The van der Waals surface area contributed by atoms with Crippen LogP contribution in [0.1, 0.15) is 42.4 Å². The topological polar surface area (TPSA) is 97.1 Å². The SMILES string of the molecule is CC1CCCCc2cc(ccn2)-n2nc(C(=O)O)cc2NC1=O. The second-order valence-corrected chi connectivity index (χ2v) is 5.77. The van der Waals surface area contributed by atoms with Crippen molar-refractivity contribution in [2.24, 2.45) is 5.92 Å². The highest BCUT2D eigenvalue weighted by Gasteiger charge is 2.20. The Hall–Kier alpha value is -2.70. The molecular formula is C16H18N4O3. The van der Waals surface area contributed by atoms with Crippen molar-refractivity contribution in [3.05, 3.63) is 35.8 Å². The van der Waals surface area contributed by atoms with Crippen molar-refractivity contribution in [1.82, 2.24) is 14.8 Å². The number of anilines is 1. The molecule has 1 atom stereocenters. The van der Waals surface area contributed by atoms with Gasteiger partial charge in [-0.15, -0.1) is 0 Å². The van der Waals surface area contributed by atoms with Gasteiger partial charge in [-0.1, -0.05) is 13.3 Å². The minimum absolute atomic E-state index is 0.110. The molecule has 2 aromatic rings. The molecule has 2 N–H and O–H groups in total. The highest BCUT2D eigenvalue weighted by molar-refractivity contribution is 5.93. The average Bonchev–Trinajstić information content (AvgIpc) is 2.95. The molecule has 7 nitrogen and oxygen atoms in total. The standard InChI is InChI=1S/C16H18N4O3/c1-10-4-2-3-5-11-8-12(6-7-17-11)20-14(18-15(10)21)9-13(19-20)16(22)23/h6-10H,2-5H2,1H3,(H,18,21)(H,22,23). The third-order valence-corrected chi connectivity index (χ3v) is 3.99. The molecule has 0 aliphatic carbocycles. The lowest BCUT2D eigenvalue weighted by atomic mass is 10.0. The third-order valence-electron chi connectivity index (χ3n) is 3.99. The number of fused-ring (bicyclic) bond motifs is 4. The van der Waals surface area contributed by atoms with Gasteiger partial charge < -0.3 is 10.4 Å². The van der Waals surface area contributed by atoms with E-state index in [1.54, 1.807) is 12.3 Å². The Kier molecular flexibility index (Phi) is 4.10. The minimum Gasteiger partial charge on any atom is -0.476 e. The zero-order valence-corrected chi connectivity index (χ0v) is 12.8. The quantitative estimate of drug-likeness (QED) is 0.841. The van der Waals surface area contributed by atoms with Crippen molar-refractivity contribution in [2.45, 2.75) is 32.6 Å². The third kappa shape index (κ3) is 3.23. The van der Waals surface area contributed by atoms with Crippen LogP contribution in [-0.2, 0) is 11.2 Å². The Morgan fingerprint density at radius 1 is 1.39 bits per heavy atom. The number of rotatable bonds is 1. The summed E-state index contributed by atoms with van der Waals surface area (Å²) in [6.45, 7) is 1.87. The second kappa shape index (κ2) is 6.20. The average molecular weight is 314 g/mol. The lowest BCUT2D eigenvalue weighted by molar-refractivity contribution is -0.119. The molecule has 0 radical (unpaired) electrons. The maximum atomic E-state index is 12.3. The molecule has 0 saturated heterocycles. The summed E-state index contributed by atoms with van der Waals surface area (Å²) in [5.41, 5.74) is 1.51. The van der Waals surface area contributed by atoms with Crippen LogP contribution in [0.15, 0.2) is 24.4 Å². The normalized spacial score (nSPS) is 18.3. The molecule has 23 heavy (non-hydrogen) atoms. The van der Waals surface area contributed by atoms with Crippen LogP contribution in [0.3, 0.4) is 0 Å². The number of carboxylic acids is 1. The van der Waals surface area contributed by atoms with Crippen LogP contribution in [0, 0.1) is 5.92 Å². The Morgan fingerprint density at radius 2 is 2.22 bits per heavy atom. The minimum atomic E-state index is -1.13. The number of amides is 1. The molecule has 1 aliphatic rings. The molecule has 3 heterocycles. The maximum absolute atomic E-state index is 12.3. The summed E-state index contributed by atoms with van der Waals surface area (Å²) in [5.74, 6) is -1.04. The number of hydrogen-bond donors (Lipinski definition) is 2. The maximum Gasteiger partial charge on any atom is 0.356 e. The Bertz CT molecular complexity index is 754. The van der Waals surface area contributed by atoms with Crippen molar-refractivity contribution in [2.75, 3.05) is 5.32 Å². The van der Waals surface area contributed by atoms with E-state index in [1.807, 2.05) is 13.0 Å².